The van der Waals surface area contributed by atoms with E-state index in [0.717, 1.165) is 25.7 Å². The predicted molar refractivity (Wildman–Crippen MR) is 86.7 cm³/mol. The number of hydrogen-bond donors (Lipinski definition) is 2. The highest BCUT2D eigenvalue weighted by molar-refractivity contribution is 5.84. The molecule has 4 atom stereocenters. The minimum absolute atomic E-state index is 0.0669. The first-order valence-corrected chi connectivity index (χ1v) is 9.25. The van der Waals surface area contributed by atoms with Gasteiger partial charge in [-0.2, -0.15) is 0 Å². The predicted octanol–water partition coefficient (Wildman–Crippen LogP) is 3.35. The van der Waals surface area contributed by atoms with E-state index < -0.39 is 5.97 Å². The van der Waals surface area contributed by atoms with Gasteiger partial charge in [0.1, 0.15) is 0 Å². The number of aliphatic carboxylic acids is 1. The molecule has 0 aromatic carbocycles. The van der Waals surface area contributed by atoms with Crippen molar-refractivity contribution < 1.29 is 14.7 Å². The van der Waals surface area contributed by atoms with Crippen molar-refractivity contribution in [2.24, 2.45) is 28.1 Å². The van der Waals surface area contributed by atoms with Crippen molar-refractivity contribution >= 4 is 11.9 Å². The molecule has 1 amide bonds. The van der Waals surface area contributed by atoms with Gasteiger partial charge < -0.3 is 10.4 Å². The number of carbonyl (C=O) groups excluding carboxylic acids is 1. The summed E-state index contributed by atoms with van der Waals surface area (Å²) in [5.41, 5.74) is 0.500. The Morgan fingerprint density at radius 1 is 1.00 bits per heavy atom. The van der Waals surface area contributed by atoms with Gasteiger partial charge in [-0.3, -0.25) is 9.59 Å². The minimum Gasteiger partial charge on any atom is -0.481 e. The number of rotatable bonds is 3. The van der Waals surface area contributed by atoms with Gasteiger partial charge >= 0.3 is 5.97 Å². The van der Waals surface area contributed by atoms with Gasteiger partial charge in [0.15, 0.2) is 0 Å². The van der Waals surface area contributed by atoms with Crippen LogP contribution in [0.15, 0.2) is 0 Å². The number of carboxylic acid groups (broad SMARTS) is 1. The Hall–Kier alpha value is -1.06. The van der Waals surface area contributed by atoms with Gasteiger partial charge in [-0.15, -0.1) is 0 Å². The quantitative estimate of drug-likeness (QED) is 0.838. The van der Waals surface area contributed by atoms with E-state index in [4.69, 9.17) is 5.11 Å². The number of hydrogen-bond acceptors (Lipinski definition) is 2. The molecule has 0 heterocycles. The van der Waals surface area contributed by atoms with Crippen LogP contribution >= 0.6 is 0 Å². The highest BCUT2D eigenvalue weighted by Crippen LogP contribution is 2.69. The molecule has 5 aliphatic carbocycles. The van der Waals surface area contributed by atoms with E-state index in [1.54, 1.807) is 0 Å². The summed E-state index contributed by atoms with van der Waals surface area (Å²) in [6.45, 7) is 4.77. The van der Waals surface area contributed by atoms with E-state index in [-0.39, 0.29) is 23.3 Å². The first-order valence-electron chi connectivity index (χ1n) is 9.25. The van der Waals surface area contributed by atoms with Gasteiger partial charge in [0, 0.05) is 6.04 Å². The highest BCUT2D eigenvalue weighted by Gasteiger charge is 2.62. The van der Waals surface area contributed by atoms with Crippen LogP contribution in [0.25, 0.3) is 0 Å². The summed E-state index contributed by atoms with van der Waals surface area (Å²) in [5.74, 6) is -0.0410. The third-order valence-corrected chi connectivity index (χ3v) is 7.23. The van der Waals surface area contributed by atoms with Crippen molar-refractivity contribution in [1.82, 2.24) is 5.32 Å². The van der Waals surface area contributed by atoms with Crippen molar-refractivity contribution in [3.63, 3.8) is 0 Å². The molecule has 0 saturated heterocycles. The Bertz CT molecular complexity index is 539. The van der Waals surface area contributed by atoms with Crippen LogP contribution < -0.4 is 5.32 Å². The first-order chi connectivity index (χ1) is 10.7. The molecule has 4 heteroatoms. The van der Waals surface area contributed by atoms with Gasteiger partial charge in [0.2, 0.25) is 5.91 Å². The van der Waals surface area contributed by atoms with E-state index in [0.29, 0.717) is 29.6 Å². The Morgan fingerprint density at radius 2 is 1.65 bits per heavy atom. The van der Waals surface area contributed by atoms with Crippen LogP contribution in [0.4, 0.5) is 0 Å². The summed E-state index contributed by atoms with van der Waals surface area (Å²) >= 11 is 0. The molecular weight excluding hydrogens is 290 g/mol. The highest BCUT2D eigenvalue weighted by atomic mass is 16.4. The molecule has 0 aromatic heterocycles. The Kier molecular flexibility index (Phi) is 3.18. The fourth-order valence-corrected chi connectivity index (χ4v) is 7.38. The van der Waals surface area contributed by atoms with E-state index >= 15 is 0 Å². The third kappa shape index (κ3) is 2.49. The fraction of sp³-hybridized carbons (Fsp3) is 0.895. The van der Waals surface area contributed by atoms with Gasteiger partial charge in [-0.25, -0.2) is 0 Å². The maximum Gasteiger partial charge on any atom is 0.306 e. The van der Waals surface area contributed by atoms with Gasteiger partial charge in [0.05, 0.1) is 11.3 Å². The van der Waals surface area contributed by atoms with Crippen molar-refractivity contribution in [3.05, 3.63) is 0 Å². The van der Waals surface area contributed by atoms with E-state index in [1.807, 2.05) is 0 Å². The van der Waals surface area contributed by atoms with Gasteiger partial charge in [-0.05, 0) is 74.5 Å². The summed E-state index contributed by atoms with van der Waals surface area (Å²) in [6.07, 6.45) is 9.11. The number of carbonyl (C=O) groups is 2. The van der Waals surface area contributed by atoms with Gasteiger partial charge in [0.25, 0.3) is 0 Å². The molecule has 5 rings (SSSR count). The molecule has 5 aliphatic rings. The Labute approximate surface area is 138 Å². The van der Waals surface area contributed by atoms with Crippen molar-refractivity contribution in [2.45, 2.75) is 77.7 Å². The average molecular weight is 319 g/mol. The van der Waals surface area contributed by atoms with Gasteiger partial charge in [-0.1, -0.05) is 13.8 Å². The molecule has 128 valence electrons. The van der Waals surface area contributed by atoms with Crippen molar-refractivity contribution in [1.29, 1.82) is 0 Å². The van der Waals surface area contributed by atoms with E-state index in [2.05, 4.69) is 19.2 Å². The number of nitrogens with one attached hydrogen (secondary N) is 1. The molecule has 0 radical (unpaired) electrons. The number of amides is 1. The third-order valence-electron chi connectivity index (χ3n) is 7.23. The van der Waals surface area contributed by atoms with Crippen LogP contribution in [0, 0.1) is 28.1 Å². The van der Waals surface area contributed by atoms with Crippen LogP contribution in [0.5, 0.6) is 0 Å². The van der Waals surface area contributed by atoms with Crippen LogP contribution in [0.1, 0.15) is 71.6 Å². The molecule has 5 fully saturated rings. The first kappa shape index (κ1) is 15.5. The maximum absolute atomic E-state index is 13.2. The largest absolute Gasteiger partial charge is 0.481 e. The normalized spacial score (nSPS) is 51.0. The molecule has 5 saturated carbocycles. The fourth-order valence-electron chi connectivity index (χ4n) is 7.38. The molecule has 4 nitrogen and oxygen atoms in total. The van der Waals surface area contributed by atoms with Crippen LogP contribution in [0.3, 0.4) is 0 Å². The van der Waals surface area contributed by atoms with Crippen LogP contribution in [0.2, 0.25) is 0 Å². The topological polar surface area (TPSA) is 66.4 Å². The van der Waals surface area contributed by atoms with Crippen LogP contribution in [-0.2, 0) is 9.59 Å². The zero-order valence-electron chi connectivity index (χ0n) is 14.4. The summed E-state index contributed by atoms with van der Waals surface area (Å²) in [6, 6.07) is 0.0669. The van der Waals surface area contributed by atoms with E-state index in [1.165, 1.54) is 19.3 Å². The molecular formula is C19H29NO3. The zero-order valence-corrected chi connectivity index (χ0v) is 14.4. The second-order valence-electron chi connectivity index (χ2n) is 9.93. The molecule has 2 unspecified atom stereocenters. The monoisotopic (exact) mass is 319 g/mol. The second-order valence-corrected chi connectivity index (χ2v) is 9.93. The van der Waals surface area contributed by atoms with E-state index in [9.17, 15) is 9.59 Å². The SMILES string of the molecule is CC12CC3CC(C)(C1)CC(C(=O)N[C@H]1CC[C@@H](C(=O)O)C1)(C3)C2. The lowest BCUT2D eigenvalue weighted by atomic mass is 9.40. The zero-order chi connectivity index (χ0) is 16.5. The summed E-state index contributed by atoms with van der Waals surface area (Å²) in [4.78, 5) is 24.3. The standard InChI is InChI=1S/C19H29NO3/c1-17-6-12-7-18(2,9-17)11-19(8-12,10-17)16(23)20-14-4-3-13(5-14)15(21)22/h12-14H,3-11H2,1-2H3,(H,20,23)(H,21,22)/t12?,13-,14+,17?,18?,19?/m1/s1. The van der Waals surface area contributed by atoms with Crippen LogP contribution in [-0.4, -0.2) is 23.0 Å². The summed E-state index contributed by atoms with van der Waals surface area (Å²) in [5, 5.41) is 12.4. The second kappa shape index (κ2) is 4.73. The maximum atomic E-state index is 13.2. The summed E-state index contributed by atoms with van der Waals surface area (Å²) in [7, 11) is 0. The molecule has 23 heavy (non-hydrogen) atoms. The molecule has 0 aromatic rings. The molecule has 0 aliphatic heterocycles. The van der Waals surface area contributed by atoms with Crippen molar-refractivity contribution in [3.8, 4) is 0 Å². The lowest BCUT2D eigenvalue weighted by molar-refractivity contribution is -0.170. The molecule has 2 N–H and O–H groups in total. The molecule has 0 spiro atoms. The smallest absolute Gasteiger partial charge is 0.306 e. The Morgan fingerprint density at radius 3 is 2.17 bits per heavy atom. The average Bonchev–Trinajstić information content (AvgIpc) is 2.83. The lowest BCUT2D eigenvalue weighted by Gasteiger charge is -2.64. The Balaban J connectivity index is 1.49. The summed E-state index contributed by atoms with van der Waals surface area (Å²) < 4.78 is 0. The number of carboxylic acids is 1. The lowest BCUT2D eigenvalue weighted by Crippen LogP contribution is -2.60. The minimum atomic E-state index is -0.712. The molecule has 4 bridgehead atoms. The van der Waals surface area contributed by atoms with Crippen molar-refractivity contribution in [2.75, 3.05) is 0 Å².